The van der Waals surface area contributed by atoms with E-state index in [0.717, 1.165) is 37.6 Å². The van der Waals surface area contributed by atoms with Gasteiger partial charge in [-0.1, -0.05) is 12.1 Å². The van der Waals surface area contributed by atoms with Crippen LogP contribution in [0.4, 0.5) is 8.78 Å². The summed E-state index contributed by atoms with van der Waals surface area (Å²) in [6.45, 7) is 1.07. The van der Waals surface area contributed by atoms with Gasteiger partial charge in [-0.25, -0.2) is 13.8 Å². The van der Waals surface area contributed by atoms with Crippen LogP contribution in [0.2, 0.25) is 0 Å². The van der Waals surface area contributed by atoms with Gasteiger partial charge in [0.15, 0.2) is 0 Å². The molecule has 2 heterocycles. The normalized spacial score (nSPS) is 15.9. The van der Waals surface area contributed by atoms with Crippen LogP contribution in [0.5, 0.6) is 5.75 Å². The van der Waals surface area contributed by atoms with Crippen molar-refractivity contribution in [2.24, 2.45) is 0 Å². The first-order valence-corrected chi connectivity index (χ1v) is 10.5. The molecule has 1 atom stereocenters. The number of aromatic nitrogens is 1. The molecule has 1 fully saturated rings. The van der Waals surface area contributed by atoms with E-state index in [0.29, 0.717) is 28.6 Å². The number of nitrogens with zero attached hydrogens (tertiary/aromatic N) is 1. The molecule has 0 spiro atoms. The molecule has 1 aromatic heterocycles. The molecule has 5 nitrogen and oxygen atoms in total. The van der Waals surface area contributed by atoms with Gasteiger partial charge in [-0.2, -0.15) is 0 Å². The molecule has 3 aromatic rings. The van der Waals surface area contributed by atoms with Crippen LogP contribution in [0.15, 0.2) is 47.8 Å². The van der Waals surface area contributed by atoms with Crippen molar-refractivity contribution >= 4 is 17.2 Å². The topological polar surface area (TPSA) is 60.5 Å². The summed E-state index contributed by atoms with van der Waals surface area (Å²) in [6.07, 6.45) is 2.01. The number of carbonyl (C=O) groups excluding carboxylic acids is 1. The molecular formula is C22H20F2N2O3S. The van der Waals surface area contributed by atoms with Crippen molar-refractivity contribution in [3.63, 3.8) is 0 Å². The number of amides is 1. The molecule has 1 amide bonds. The lowest BCUT2D eigenvalue weighted by Gasteiger charge is -2.11. The number of halogens is 2. The molecule has 156 valence electrons. The van der Waals surface area contributed by atoms with Crippen LogP contribution in [0.25, 0.3) is 10.6 Å². The highest BCUT2D eigenvalue weighted by atomic mass is 32.1. The summed E-state index contributed by atoms with van der Waals surface area (Å²) in [4.78, 5) is 16.8. The Morgan fingerprint density at radius 1 is 1.27 bits per heavy atom. The largest absolute Gasteiger partial charge is 0.488 e. The summed E-state index contributed by atoms with van der Waals surface area (Å²) in [5.74, 6) is -0.842. The predicted molar refractivity (Wildman–Crippen MR) is 110 cm³/mol. The Bertz CT molecular complexity index is 1030. The fourth-order valence-corrected chi connectivity index (χ4v) is 4.01. The van der Waals surface area contributed by atoms with Gasteiger partial charge in [0.1, 0.15) is 34.7 Å². The molecule has 1 aliphatic heterocycles. The maximum absolute atomic E-state index is 13.9. The first-order chi connectivity index (χ1) is 14.6. The molecular weight excluding hydrogens is 410 g/mol. The van der Waals surface area contributed by atoms with Gasteiger partial charge in [0.25, 0.3) is 5.91 Å². The van der Waals surface area contributed by atoms with Crippen molar-refractivity contribution in [2.45, 2.75) is 25.6 Å². The van der Waals surface area contributed by atoms with Gasteiger partial charge in [-0.15, -0.1) is 11.3 Å². The van der Waals surface area contributed by atoms with Crippen LogP contribution in [-0.4, -0.2) is 30.1 Å². The second-order valence-electron chi connectivity index (χ2n) is 6.90. The first-order valence-electron chi connectivity index (χ1n) is 9.61. The van der Waals surface area contributed by atoms with Crippen molar-refractivity contribution in [1.82, 2.24) is 10.3 Å². The monoisotopic (exact) mass is 430 g/mol. The van der Waals surface area contributed by atoms with Gasteiger partial charge in [0.2, 0.25) is 0 Å². The van der Waals surface area contributed by atoms with E-state index >= 15 is 0 Å². The van der Waals surface area contributed by atoms with Gasteiger partial charge in [-0.05, 0) is 43.2 Å². The highest BCUT2D eigenvalue weighted by molar-refractivity contribution is 7.13. The number of ether oxygens (including phenoxy) is 2. The fraction of sp³-hybridized carbons (Fsp3) is 0.273. The Morgan fingerprint density at radius 3 is 2.97 bits per heavy atom. The number of carbonyl (C=O) groups is 1. The number of rotatable bonds is 7. The van der Waals surface area contributed by atoms with Crippen molar-refractivity contribution in [3.8, 4) is 16.3 Å². The Kier molecular flexibility index (Phi) is 6.35. The summed E-state index contributed by atoms with van der Waals surface area (Å²) >= 11 is 1.31. The Balaban J connectivity index is 1.45. The van der Waals surface area contributed by atoms with Crippen LogP contribution >= 0.6 is 11.3 Å². The van der Waals surface area contributed by atoms with Gasteiger partial charge in [0, 0.05) is 24.1 Å². The second kappa shape index (κ2) is 9.32. The Hall–Kier alpha value is -2.84. The standard InChI is InChI=1S/C22H20F2N2O3S/c23-15-7-8-18(24)14(10-15)12-29-20-6-2-1-5-17(20)22-26-19(13-30-22)21(27)25-11-16-4-3-9-28-16/h1-2,5-8,10,13,16H,3-4,9,11-12H2,(H,25,27). The maximum Gasteiger partial charge on any atom is 0.270 e. The minimum absolute atomic E-state index is 0.0596. The second-order valence-corrected chi connectivity index (χ2v) is 7.76. The zero-order chi connectivity index (χ0) is 20.9. The lowest BCUT2D eigenvalue weighted by atomic mass is 10.2. The Labute approximate surface area is 176 Å². The molecule has 1 saturated heterocycles. The third-order valence-electron chi connectivity index (χ3n) is 4.76. The highest BCUT2D eigenvalue weighted by Crippen LogP contribution is 2.33. The molecule has 2 aromatic carbocycles. The number of para-hydroxylation sites is 1. The number of hydrogen-bond acceptors (Lipinski definition) is 5. The van der Waals surface area contributed by atoms with Crippen LogP contribution in [0, 0.1) is 11.6 Å². The first kappa shape index (κ1) is 20.4. The lowest BCUT2D eigenvalue weighted by molar-refractivity contribution is 0.0854. The van der Waals surface area contributed by atoms with Gasteiger partial charge in [-0.3, -0.25) is 4.79 Å². The lowest BCUT2D eigenvalue weighted by Crippen LogP contribution is -2.31. The van der Waals surface area contributed by atoms with E-state index in [-0.39, 0.29) is 24.2 Å². The predicted octanol–water partition coefficient (Wildman–Crippen LogP) is 4.58. The zero-order valence-corrected chi connectivity index (χ0v) is 16.9. The van der Waals surface area contributed by atoms with Gasteiger partial charge < -0.3 is 14.8 Å². The third-order valence-corrected chi connectivity index (χ3v) is 5.64. The van der Waals surface area contributed by atoms with E-state index in [2.05, 4.69) is 10.3 Å². The van der Waals surface area contributed by atoms with Crippen molar-refractivity contribution in [3.05, 3.63) is 70.7 Å². The van der Waals surface area contributed by atoms with Crippen molar-refractivity contribution < 1.29 is 23.0 Å². The quantitative estimate of drug-likeness (QED) is 0.596. The average Bonchev–Trinajstić information content (AvgIpc) is 3.45. The van der Waals surface area contributed by atoms with E-state index in [1.54, 1.807) is 17.5 Å². The molecule has 0 bridgehead atoms. The fourth-order valence-electron chi connectivity index (χ4n) is 3.18. The van der Waals surface area contributed by atoms with E-state index in [4.69, 9.17) is 9.47 Å². The molecule has 0 radical (unpaired) electrons. The van der Waals surface area contributed by atoms with Crippen LogP contribution in [0.3, 0.4) is 0 Å². The van der Waals surface area contributed by atoms with Crippen molar-refractivity contribution in [2.75, 3.05) is 13.2 Å². The molecule has 8 heteroatoms. The molecule has 0 saturated carbocycles. The molecule has 0 aliphatic carbocycles. The third kappa shape index (κ3) is 4.83. The van der Waals surface area contributed by atoms with E-state index in [1.807, 2.05) is 12.1 Å². The van der Waals surface area contributed by atoms with Crippen molar-refractivity contribution in [1.29, 1.82) is 0 Å². The summed E-state index contributed by atoms with van der Waals surface area (Å²) in [6, 6.07) is 10.4. The zero-order valence-electron chi connectivity index (χ0n) is 16.1. The molecule has 30 heavy (non-hydrogen) atoms. The number of hydrogen-bond donors (Lipinski definition) is 1. The number of thiazole rings is 1. The van der Waals surface area contributed by atoms with Crippen LogP contribution in [0.1, 0.15) is 28.9 Å². The summed E-state index contributed by atoms with van der Waals surface area (Å²) in [5, 5.41) is 5.14. The molecule has 1 unspecified atom stereocenters. The molecule has 1 aliphatic rings. The smallest absolute Gasteiger partial charge is 0.270 e. The summed E-state index contributed by atoms with van der Waals surface area (Å²) in [5.41, 5.74) is 1.12. The molecule has 1 N–H and O–H groups in total. The number of benzene rings is 2. The van der Waals surface area contributed by atoms with Gasteiger partial charge in [0.05, 0.1) is 11.7 Å². The maximum atomic E-state index is 13.9. The minimum Gasteiger partial charge on any atom is -0.488 e. The summed E-state index contributed by atoms with van der Waals surface area (Å²) < 4.78 is 38.5. The van der Waals surface area contributed by atoms with E-state index in [9.17, 15) is 13.6 Å². The SMILES string of the molecule is O=C(NCC1CCCO1)c1csc(-c2ccccc2OCc2cc(F)ccc2F)n1. The number of nitrogens with one attached hydrogen (secondary N) is 1. The van der Waals surface area contributed by atoms with Crippen LogP contribution < -0.4 is 10.1 Å². The van der Waals surface area contributed by atoms with E-state index < -0.39 is 11.6 Å². The van der Waals surface area contributed by atoms with Gasteiger partial charge >= 0.3 is 0 Å². The highest BCUT2D eigenvalue weighted by Gasteiger charge is 2.19. The summed E-state index contributed by atoms with van der Waals surface area (Å²) in [7, 11) is 0. The average molecular weight is 430 g/mol. The molecule has 4 rings (SSSR count). The van der Waals surface area contributed by atoms with E-state index in [1.165, 1.54) is 11.3 Å². The van der Waals surface area contributed by atoms with Crippen LogP contribution in [-0.2, 0) is 11.3 Å². The Morgan fingerprint density at radius 2 is 2.13 bits per heavy atom. The minimum atomic E-state index is -0.534.